The summed E-state index contributed by atoms with van der Waals surface area (Å²) in [6.45, 7) is 5.04. The van der Waals surface area contributed by atoms with Gasteiger partial charge in [0.1, 0.15) is 0 Å². The maximum absolute atomic E-state index is 13.7. The Morgan fingerprint density at radius 1 is 1.00 bits per heavy atom. The third-order valence-corrected chi connectivity index (χ3v) is 6.25. The van der Waals surface area contributed by atoms with Crippen LogP contribution in [-0.4, -0.2) is 37.6 Å². The maximum atomic E-state index is 13.7. The van der Waals surface area contributed by atoms with E-state index in [1.165, 1.54) is 25.3 Å². The molecule has 0 bridgehead atoms. The van der Waals surface area contributed by atoms with E-state index in [-0.39, 0.29) is 29.7 Å². The van der Waals surface area contributed by atoms with Gasteiger partial charge < -0.3 is 24.8 Å². The minimum Gasteiger partial charge on any atom is -0.467 e. The van der Waals surface area contributed by atoms with Crippen molar-refractivity contribution in [2.45, 2.75) is 25.2 Å². The Labute approximate surface area is 236 Å². The van der Waals surface area contributed by atoms with Crippen LogP contribution >= 0.6 is 23.2 Å². The molecule has 204 valence electrons. The average molecular weight is 571 g/mol. The number of methoxy groups -OCH3 is 1. The molecule has 0 aliphatic carbocycles. The Balaban J connectivity index is 2.16. The highest BCUT2D eigenvalue weighted by atomic mass is 35.5. The van der Waals surface area contributed by atoms with Crippen LogP contribution in [0.4, 0.5) is 11.4 Å². The third kappa shape index (κ3) is 7.17. The highest BCUT2D eigenvalue weighted by Crippen LogP contribution is 2.40. The maximum Gasteiger partial charge on any atom is 0.345 e. The van der Waals surface area contributed by atoms with Crippen LogP contribution in [0.15, 0.2) is 85.5 Å². The van der Waals surface area contributed by atoms with Gasteiger partial charge in [0.2, 0.25) is 11.5 Å². The number of ether oxygens (including phenoxy) is 3. The molecule has 0 aromatic heterocycles. The summed E-state index contributed by atoms with van der Waals surface area (Å²) in [6, 6.07) is 18.6. The number of amides is 1. The number of nitrogens with one attached hydrogen (secondary N) is 2. The van der Waals surface area contributed by atoms with Crippen molar-refractivity contribution in [3.8, 4) is 0 Å². The standard InChI is InChI=1S/C29H28Cl2N2O6/c1-4-25(34)32-21-12-14-22(15-13-21)33-26(27(35)38-5-2)29(28(36)37-3,23-16-11-20(30)17-24(23)31)39-18-19-9-7-6-8-10-19/h4,6-17,26,33H,1,5,18H2,2-3H3,(H,32,34). The molecule has 3 aromatic carbocycles. The van der Waals surface area contributed by atoms with Crippen LogP contribution in [0.3, 0.4) is 0 Å². The number of carbonyl (C=O) groups excluding carboxylic acids is 3. The topological polar surface area (TPSA) is 103 Å². The molecule has 8 nitrogen and oxygen atoms in total. The zero-order chi connectivity index (χ0) is 28.4. The lowest BCUT2D eigenvalue weighted by Crippen LogP contribution is -2.57. The Morgan fingerprint density at radius 3 is 2.26 bits per heavy atom. The van der Waals surface area contributed by atoms with Crippen molar-refractivity contribution < 1.29 is 28.6 Å². The molecule has 2 N–H and O–H groups in total. The number of halogens is 2. The largest absolute Gasteiger partial charge is 0.467 e. The fourth-order valence-corrected chi connectivity index (χ4v) is 4.43. The number of carbonyl (C=O) groups is 3. The Bertz CT molecular complexity index is 1320. The average Bonchev–Trinajstić information content (AvgIpc) is 2.94. The molecule has 2 unspecified atom stereocenters. The second-order valence-electron chi connectivity index (χ2n) is 8.23. The minimum atomic E-state index is -2.10. The predicted octanol–water partition coefficient (Wildman–Crippen LogP) is 5.75. The molecule has 10 heteroatoms. The van der Waals surface area contributed by atoms with Crippen LogP contribution in [-0.2, 0) is 40.8 Å². The van der Waals surface area contributed by atoms with Crippen molar-refractivity contribution in [2.24, 2.45) is 0 Å². The predicted molar refractivity (Wildman–Crippen MR) is 151 cm³/mol. The van der Waals surface area contributed by atoms with E-state index in [2.05, 4.69) is 17.2 Å². The summed E-state index contributed by atoms with van der Waals surface area (Å²) in [4.78, 5) is 38.9. The van der Waals surface area contributed by atoms with Crippen molar-refractivity contribution in [3.63, 3.8) is 0 Å². The fraction of sp³-hybridized carbons (Fsp3) is 0.207. The minimum absolute atomic E-state index is 0.0355. The van der Waals surface area contributed by atoms with Gasteiger partial charge in [-0.2, -0.15) is 0 Å². The van der Waals surface area contributed by atoms with E-state index >= 15 is 0 Å². The lowest BCUT2D eigenvalue weighted by Gasteiger charge is -2.38. The number of hydrogen-bond donors (Lipinski definition) is 2. The molecule has 0 fully saturated rings. The van der Waals surface area contributed by atoms with Gasteiger partial charge in [0, 0.05) is 27.0 Å². The molecule has 3 rings (SSSR count). The quantitative estimate of drug-likeness (QED) is 0.211. The monoisotopic (exact) mass is 570 g/mol. The normalized spacial score (nSPS) is 12.9. The molecule has 1 amide bonds. The second-order valence-corrected chi connectivity index (χ2v) is 9.07. The summed E-state index contributed by atoms with van der Waals surface area (Å²) in [5.41, 5.74) is -0.295. The Kier molecular flexibility index (Phi) is 10.5. The lowest BCUT2D eigenvalue weighted by molar-refractivity contribution is -0.183. The number of rotatable bonds is 12. The van der Waals surface area contributed by atoms with Crippen molar-refractivity contribution in [1.29, 1.82) is 0 Å². The van der Waals surface area contributed by atoms with Crippen LogP contribution in [0.25, 0.3) is 0 Å². The number of esters is 2. The van der Waals surface area contributed by atoms with Crippen LogP contribution in [0.1, 0.15) is 18.1 Å². The van der Waals surface area contributed by atoms with E-state index in [0.29, 0.717) is 16.4 Å². The first-order valence-electron chi connectivity index (χ1n) is 11.9. The summed E-state index contributed by atoms with van der Waals surface area (Å²) >= 11 is 12.8. The van der Waals surface area contributed by atoms with Crippen LogP contribution in [0.2, 0.25) is 10.0 Å². The zero-order valence-electron chi connectivity index (χ0n) is 21.4. The number of hydrogen-bond acceptors (Lipinski definition) is 7. The molecule has 0 aliphatic heterocycles. The second kappa shape index (κ2) is 13.8. The summed E-state index contributed by atoms with van der Waals surface area (Å²) in [6.07, 6.45) is 1.15. The zero-order valence-corrected chi connectivity index (χ0v) is 22.9. The number of anilines is 2. The van der Waals surface area contributed by atoms with Crippen molar-refractivity contribution in [2.75, 3.05) is 24.4 Å². The van der Waals surface area contributed by atoms with E-state index in [4.69, 9.17) is 37.4 Å². The Morgan fingerprint density at radius 2 is 1.67 bits per heavy atom. The Hall–Kier alpha value is -3.85. The molecular formula is C29H28Cl2N2O6. The SMILES string of the molecule is C=CC(=O)Nc1ccc(NC(C(=O)OCC)C(OCc2ccccc2)(C(=O)OC)c2ccc(Cl)cc2Cl)cc1. The molecule has 39 heavy (non-hydrogen) atoms. The van der Waals surface area contributed by atoms with E-state index in [1.54, 1.807) is 31.2 Å². The van der Waals surface area contributed by atoms with Crippen molar-refractivity contribution >= 4 is 52.4 Å². The van der Waals surface area contributed by atoms with Gasteiger partial charge in [-0.1, -0.05) is 66.2 Å². The lowest BCUT2D eigenvalue weighted by atomic mass is 9.85. The van der Waals surface area contributed by atoms with Gasteiger partial charge in [0.05, 0.1) is 20.3 Å². The summed E-state index contributed by atoms with van der Waals surface area (Å²) in [5.74, 6) is -2.05. The van der Waals surface area contributed by atoms with Gasteiger partial charge in [0.25, 0.3) is 0 Å². The smallest absolute Gasteiger partial charge is 0.345 e. The number of benzene rings is 3. The van der Waals surface area contributed by atoms with Crippen LogP contribution < -0.4 is 10.6 Å². The molecular weight excluding hydrogens is 543 g/mol. The van der Waals surface area contributed by atoms with Gasteiger partial charge in [-0.3, -0.25) is 4.79 Å². The summed E-state index contributed by atoms with van der Waals surface area (Å²) in [5, 5.41) is 6.12. The van der Waals surface area contributed by atoms with Crippen LogP contribution in [0.5, 0.6) is 0 Å². The van der Waals surface area contributed by atoms with Gasteiger partial charge in [-0.05, 0) is 55.0 Å². The van der Waals surface area contributed by atoms with Gasteiger partial charge in [0.15, 0.2) is 6.04 Å². The van der Waals surface area contributed by atoms with E-state index < -0.39 is 23.6 Å². The first-order chi connectivity index (χ1) is 18.7. The van der Waals surface area contributed by atoms with Gasteiger partial charge >= 0.3 is 11.9 Å². The molecule has 0 saturated heterocycles. The van der Waals surface area contributed by atoms with E-state index in [0.717, 1.165) is 11.6 Å². The van der Waals surface area contributed by atoms with Crippen LogP contribution in [0, 0.1) is 0 Å². The summed E-state index contributed by atoms with van der Waals surface area (Å²) < 4.78 is 16.9. The third-order valence-electron chi connectivity index (χ3n) is 5.71. The first-order valence-corrected chi connectivity index (χ1v) is 12.7. The van der Waals surface area contributed by atoms with Crippen molar-refractivity contribution in [1.82, 2.24) is 0 Å². The van der Waals surface area contributed by atoms with Gasteiger partial charge in [-0.25, -0.2) is 9.59 Å². The molecule has 3 aromatic rings. The molecule has 2 atom stereocenters. The summed E-state index contributed by atoms with van der Waals surface area (Å²) in [7, 11) is 1.19. The highest BCUT2D eigenvalue weighted by Gasteiger charge is 2.55. The van der Waals surface area contributed by atoms with Crippen molar-refractivity contribution in [3.05, 3.63) is 107 Å². The molecule has 0 heterocycles. The highest BCUT2D eigenvalue weighted by molar-refractivity contribution is 6.35. The fourth-order valence-electron chi connectivity index (χ4n) is 3.88. The molecule has 0 aliphatic rings. The van der Waals surface area contributed by atoms with E-state index in [1.807, 2.05) is 30.3 Å². The molecule has 0 radical (unpaired) electrons. The first kappa shape index (κ1) is 29.7. The molecule has 0 spiro atoms. The van der Waals surface area contributed by atoms with E-state index in [9.17, 15) is 14.4 Å². The van der Waals surface area contributed by atoms with Gasteiger partial charge in [-0.15, -0.1) is 0 Å². The molecule has 0 saturated carbocycles.